The van der Waals surface area contributed by atoms with Crippen LogP contribution in [0.5, 0.6) is 11.5 Å². The SMILES string of the molecule is CNc1nc(C2CCN(C(C)C)CC2)c2cc(OC)c(OCCCN3CCCC3)cc2n1. The first kappa shape index (κ1) is 23.1. The van der Waals surface area contributed by atoms with Gasteiger partial charge in [-0.15, -0.1) is 0 Å². The highest BCUT2D eigenvalue weighted by Crippen LogP contribution is 2.38. The van der Waals surface area contributed by atoms with Crippen molar-refractivity contribution in [2.45, 2.75) is 57.9 Å². The van der Waals surface area contributed by atoms with Gasteiger partial charge < -0.3 is 24.6 Å². The summed E-state index contributed by atoms with van der Waals surface area (Å²) in [6.45, 7) is 11.0. The molecule has 2 fully saturated rings. The third kappa shape index (κ3) is 5.26. The van der Waals surface area contributed by atoms with Crippen molar-refractivity contribution < 1.29 is 9.47 Å². The van der Waals surface area contributed by atoms with Gasteiger partial charge in [-0.1, -0.05) is 0 Å². The fourth-order valence-corrected chi connectivity index (χ4v) is 5.02. The summed E-state index contributed by atoms with van der Waals surface area (Å²) < 4.78 is 11.9. The summed E-state index contributed by atoms with van der Waals surface area (Å²) in [5, 5.41) is 4.22. The maximum absolute atomic E-state index is 6.16. The molecule has 2 aromatic rings. The molecule has 1 aromatic carbocycles. The average Bonchev–Trinajstić information content (AvgIpc) is 3.34. The molecule has 0 atom stereocenters. The fraction of sp³-hybridized carbons (Fsp3) is 0.680. The van der Waals surface area contributed by atoms with E-state index in [0.717, 1.165) is 67.0 Å². The molecule has 0 spiro atoms. The van der Waals surface area contributed by atoms with E-state index in [4.69, 9.17) is 19.4 Å². The van der Waals surface area contributed by atoms with Crippen LogP contribution in [-0.2, 0) is 0 Å². The van der Waals surface area contributed by atoms with Gasteiger partial charge in [-0.05, 0) is 78.2 Å². The molecule has 0 bridgehead atoms. The highest BCUT2D eigenvalue weighted by Gasteiger charge is 2.26. The van der Waals surface area contributed by atoms with Gasteiger partial charge in [0, 0.05) is 37.0 Å². The molecule has 3 heterocycles. The van der Waals surface area contributed by atoms with E-state index >= 15 is 0 Å². The van der Waals surface area contributed by atoms with E-state index in [9.17, 15) is 0 Å². The minimum absolute atomic E-state index is 0.430. The highest BCUT2D eigenvalue weighted by atomic mass is 16.5. The Kier molecular flexibility index (Phi) is 7.68. The molecule has 4 rings (SSSR count). The molecule has 2 aliphatic heterocycles. The smallest absolute Gasteiger partial charge is 0.223 e. The first-order valence-corrected chi connectivity index (χ1v) is 12.3. The number of hydrogen-bond donors (Lipinski definition) is 1. The van der Waals surface area contributed by atoms with E-state index in [2.05, 4.69) is 35.0 Å². The van der Waals surface area contributed by atoms with E-state index in [-0.39, 0.29) is 0 Å². The molecule has 1 N–H and O–H groups in total. The molecule has 0 unspecified atom stereocenters. The third-order valence-corrected chi connectivity index (χ3v) is 6.96. The van der Waals surface area contributed by atoms with Crippen LogP contribution >= 0.6 is 0 Å². The van der Waals surface area contributed by atoms with Gasteiger partial charge in [0.05, 0.1) is 24.9 Å². The number of anilines is 1. The molecule has 176 valence electrons. The number of fused-ring (bicyclic) bond motifs is 1. The Bertz CT molecular complexity index is 890. The van der Waals surface area contributed by atoms with Crippen molar-refractivity contribution in [3.8, 4) is 11.5 Å². The summed E-state index contributed by atoms with van der Waals surface area (Å²) in [5.41, 5.74) is 2.04. The zero-order valence-corrected chi connectivity index (χ0v) is 20.2. The molecular weight excluding hydrogens is 402 g/mol. The molecule has 1 aromatic heterocycles. The second kappa shape index (κ2) is 10.7. The molecule has 0 saturated carbocycles. The molecule has 2 saturated heterocycles. The van der Waals surface area contributed by atoms with E-state index in [1.807, 2.05) is 13.1 Å². The summed E-state index contributed by atoms with van der Waals surface area (Å²) in [7, 11) is 3.59. The number of methoxy groups -OCH3 is 1. The molecule has 7 heteroatoms. The number of nitrogens with one attached hydrogen (secondary N) is 1. The predicted molar refractivity (Wildman–Crippen MR) is 130 cm³/mol. The van der Waals surface area contributed by atoms with Crippen molar-refractivity contribution in [1.29, 1.82) is 0 Å². The number of aromatic nitrogens is 2. The second-order valence-corrected chi connectivity index (χ2v) is 9.36. The highest BCUT2D eigenvalue weighted by molar-refractivity contribution is 5.86. The van der Waals surface area contributed by atoms with Gasteiger partial charge in [0.15, 0.2) is 11.5 Å². The van der Waals surface area contributed by atoms with Crippen LogP contribution in [0.15, 0.2) is 12.1 Å². The lowest BCUT2D eigenvalue weighted by Gasteiger charge is -2.34. The lowest BCUT2D eigenvalue weighted by atomic mass is 9.90. The van der Waals surface area contributed by atoms with Crippen molar-refractivity contribution >= 4 is 16.9 Å². The third-order valence-electron chi connectivity index (χ3n) is 6.96. The van der Waals surface area contributed by atoms with E-state index in [0.29, 0.717) is 24.5 Å². The number of hydrogen-bond acceptors (Lipinski definition) is 7. The van der Waals surface area contributed by atoms with Crippen molar-refractivity contribution in [2.24, 2.45) is 0 Å². The molecule has 7 nitrogen and oxygen atoms in total. The number of rotatable bonds is 9. The Labute approximate surface area is 192 Å². The maximum atomic E-state index is 6.16. The van der Waals surface area contributed by atoms with Crippen LogP contribution in [0, 0.1) is 0 Å². The summed E-state index contributed by atoms with van der Waals surface area (Å²) in [5.74, 6) is 2.63. The number of nitrogens with zero attached hydrogens (tertiary/aromatic N) is 4. The van der Waals surface area contributed by atoms with Crippen molar-refractivity contribution in [1.82, 2.24) is 19.8 Å². The van der Waals surface area contributed by atoms with Crippen LogP contribution < -0.4 is 14.8 Å². The van der Waals surface area contributed by atoms with Gasteiger partial charge in [-0.25, -0.2) is 9.97 Å². The largest absolute Gasteiger partial charge is 0.493 e. The average molecular weight is 442 g/mol. The summed E-state index contributed by atoms with van der Waals surface area (Å²) in [4.78, 5) is 14.7. The van der Waals surface area contributed by atoms with E-state index in [1.165, 1.54) is 25.9 Å². The minimum Gasteiger partial charge on any atom is -0.493 e. The van der Waals surface area contributed by atoms with Crippen LogP contribution in [0.4, 0.5) is 5.95 Å². The van der Waals surface area contributed by atoms with Crippen molar-refractivity contribution in [3.63, 3.8) is 0 Å². The van der Waals surface area contributed by atoms with E-state index < -0.39 is 0 Å². The number of piperidine rings is 1. The first-order valence-electron chi connectivity index (χ1n) is 12.3. The molecular formula is C25H39N5O2. The Balaban J connectivity index is 1.54. The second-order valence-electron chi connectivity index (χ2n) is 9.36. The Hall–Kier alpha value is -2.12. The van der Waals surface area contributed by atoms with Crippen LogP contribution in [0.25, 0.3) is 10.9 Å². The number of ether oxygens (including phenoxy) is 2. The van der Waals surface area contributed by atoms with Crippen LogP contribution in [-0.4, -0.2) is 79.3 Å². The lowest BCUT2D eigenvalue weighted by molar-refractivity contribution is 0.171. The standard InChI is InChI=1S/C25H39N5O2/c1-18(2)30-13-8-19(9-14-30)24-20-16-22(31-4)23(17-21(20)27-25(26-3)28-24)32-15-7-12-29-10-5-6-11-29/h16-19H,5-15H2,1-4H3,(H,26,27,28). The Morgan fingerprint density at radius 1 is 1.06 bits per heavy atom. The van der Waals surface area contributed by atoms with Crippen LogP contribution in [0.1, 0.15) is 57.6 Å². The summed E-state index contributed by atoms with van der Waals surface area (Å²) in [6, 6.07) is 4.70. The van der Waals surface area contributed by atoms with Crippen LogP contribution in [0.3, 0.4) is 0 Å². The summed E-state index contributed by atoms with van der Waals surface area (Å²) in [6.07, 6.45) is 5.90. The van der Waals surface area contributed by atoms with Crippen molar-refractivity contribution in [2.75, 3.05) is 58.8 Å². The first-order chi connectivity index (χ1) is 15.6. The van der Waals surface area contributed by atoms with Gasteiger partial charge in [0.1, 0.15) is 0 Å². The van der Waals surface area contributed by atoms with E-state index in [1.54, 1.807) is 7.11 Å². The topological polar surface area (TPSA) is 62.8 Å². The Morgan fingerprint density at radius 3 is 2.47 bits per heavy atom. The molecule has 2 aliphatic rings. The van der Waals surface area contributed by atoms with Gasteiger partial charge >= 0.3 is 0 Å². The summed E-state index contributed by atoms with van der Waals surface area (Å²) >= 11 is 0. The number of benzene rings is 1. The molecule has 0 amide bonds. The maximum Gasteiger partial charge on any atom is 0.223 e. The normalized spacial score (nSPS) is 18.5. The van der Waals surface area contributed by atoms with Gasteiger partial charge in [0.25, 0.3) is 0 Å². The lowest BCUT2D eigenvalue weighted by Crippen LogP contribution is -2.38. The quantitative estimate of drug-likeness (QED) is 0.587. The zero-order valence-electron chi connectivity index (χ0n) is 20.2. The molecule has 32 heavy (non-hydrogen) atoms. The van der Waals surface area contributed by atoms with Gasteiger partial charge in [-0.2, -0.15) is 0 Å². The van der Waals surface area contributed by atoms with Gasteiger partial charge in [0.2, 0.25) is 5.95 Å². The zero-order chi connectivity index (χ0) is 22.5. The fourth-order valence-electron chi connectivity index (χ4n) is 5.02. The van der Waals surface area contributed by atoms with Crippen molar-refractivity contribution in [3.05, 3.63) is 17.8 Å². The number of likely N-dealkylation sites (tertiary alicyclic amines) is 2. The molecule has 0 radical (unpaired) electrons. The van der Waals surface area contributed by atoms with Crippen LogP contribution in [0.2, 0.25) is 0 Å². The Morgan fingerprint density at radius 2 is 1.81 bits per heavy atom. The predicted octanol–water partition coefficient (Wildman–Crippen LogP) is 4.13. The minimum atomic E-state index is 0.430. The molecule has 0 aliphatic carbocycles. The van der Waals surface area contributed by atoms with Gasteiger partial charge in [-0.3, -0.25) is 0 Å². The monoisotopic (exact) mass is 441 g/mol.